The van der Waals surface area contributed by atoms with Gasteiger partial charge in [-0.05, 0) is 66.2 Å². The third kappa shape index (κ3) is 4.61. The molecule has 1 aliphatic carbocycles. The minimum absolute atomic E-state index is 0.167. The van der Waals surface area contributed by atoms with Crippen molar-refractivity contribution in [1.82, 2.24) is 10.2 Å². The molecule has 2 fully saturated rings. The van der Waals surface area contributed by atoms with E-state index < -0.39 is 5.60 Å². The van der Waals surface area contributed by atoms with Crippen LogP contribution in [0.25, 0.3) is 0 Å². The second-order valence-electron chi connectivity index (χ2n) is 8.16. The van der Waals surface area contributed by atoms with Gasteiger partial charge < -0.3 is 15.0 Å². The molecule has 4 heteroatoms. The van der Waals surface area contributed by atoms with E-state index in [1.54, 1.807) is 0 Å². The average molecular weight is 310 g/mol. The Bertz CT molecular complexity index is 372. The molecular weight excluding hydrogens is 276 g/mol. The van der Waals surface area contributed by atoms with Gasteiger partial charge in [-0.2, -0.15) is 0 Å². The van der Waals surface area contributed by atoms with Crippen LogP contribution in [0.3, 0.4) is 0 Å². The van der Waals surface area contributed by atoms with Gasteiger partial charge in [-0.1, -0.05) is 12.8 Å². The first-order valence-corrected chi connectivity index (χ1v) is 9.03. The molecule has 0 radical (unpaired) electrons. The molecule has 0 aromatic carbocycles. The van der Waals surface area contributed by atoms with Crippen LogP contribution in [0.2, 0.25) is 0 Å². The molecule has 1 aliphatic heterocycles. The first-order valence-electron chi connectivity index (χ1n) is 9.03. The SMILES string of the molecule is CC(NC1CCCN(C(=O)OC(C)(C)C)C1C)C1CCCC1. The van der Waals surface area contributed by atoms with Crippen molar-refractivity contribution >= 4 is 6.09 Å². The van der Waals surface area contributed by atoms with E-state index >= 15 is 0 Å². The maximum Gasteiger partial charge on any atom is 0.410 e. The molecule has 3 unspecified atom stereocenters. The van der Waals surface area contributed by atoms with E-state index in [9.17, 15) is 4.79 Å². The lowest BCUT2D eigenvalue weighted by atomic mass is 9.93. The summed E-state index contributed by atoms with van der Waals surface area (Å²) in [6.45, 7) is 11.1. The Morgan fingerprint density at radius 3 is 2.41 bits per heavy atom. The van der Waals surface area contributed by atoms with Gasteiger partial charge in [0, 0.05) is 24.7 Å². The zero-order valence-corrected chi connectivity index (χ0v) is 15.0. The van der Waals surface area contributed by atoms with Crippen LogP contribution in [0.5, 0.6) is 0 Å². The van der Waals surface area contributed by atoms with Crippen LogP contribution in [0.4, 0.5) is 4.79 Å². The van der Waals surface area contributed by atoms with Crippen LogP contribution in [-0.4, -0.2) is 41.3 Å². The van der Waals surface area contributed by atoms with E-state index in [-0.39, 0.29) is 12.1 Å². The predicted molar refractivity (Wildman–Crippen MR) is 90.0 cm³/mol. The second-order valence-corrected chi connectivity index (χ2v) is 8.16. The lowest BCUT2D eigenvalue weighted by Gasteiger charge is -2.42. The fourth-order valence-corrected chi connectivity index (χ4v) is 3.88. The van der Waals surface area contributed by atoms with Gasteiger partial charge in [0.15, 0.2) is 0 Å². The van der Waals surface area contributed by atoms with E-state index in [1.165, 1.54) is 25.7 Å². The van der Waals surface area contributed by atoms with Gasteiger partial charge in [-0.3, -0.25) is 0 Å². The van der Waals surface area contributed by atoms with Crippen LogP contribution in [0, 0.1) is 5.92 Å². The number of hydrogen-bond acceptors (Lipinski definition) is 3. The normalized spacial score (nSPS) is 28.7. The molecule has 0 aromatic heterocycles. The minimum atomic E-state index is -0.422. The van der Waals surface area contributed by atoms with Gasteiger partial charge >= 0.3 is 6.09 Å². The van der Waals surface area contributed by atoms with Crippen molar-refractivity contribution in [2.45, 2.75) is 96.9 Å². The van der Waals surface area contributed by atoms with Crippen LogP contribution in [0.1, 0.15) is 73.1 Å². The smallest absolute Gasteiger partial charge is 0.410 e. The third-order valence-electron chi connectivity index (χ3n) is 5.20. The van der Waals surface area contributed by atoms with Gasteiger partial charge in [0.25, 0.3) is 0 Å². The molecule has 128 valence electrons. The lowest BCUT2D eigenvalue weighted by Crippen LogP contribution is -2.57. The van der Waals surface area contributed by atoms with Crippen LogP contribution in [0.15, 0.2) is 0 Å². The van der Waals surface area contributed by atoms with Crippen LogP contribution in [-0.2, 0) is 4.74 Å². The standard InChI is InChI=1S/C18H34N2O2/c1-13(15-9-6-7-10-15)19-16-11-8-12-20(14(16)2)17(21)22-18(3,4)5/h13-16,19H,6-12H2,1-5H3. The number of carbonyl (C=O) groups excluding carboxylic acids is 1. The highest BCUT2D eigenvalue weighted by atomic mass is 16.6. The largest absolute Gasteiger partial charge is 0.444 e. The lowest BCUT2D eigenvalue weighted by molar-refractivity contribution is 0.00596. The Morgan fingerprint density at radius 1 is 1.18 bits per heavy atom. The highest BCUT2D eigenvalue weighted by Crippen LogP contribution is 2.29. The highest BCUT2D eigenvalue weighted by molar-refractivity contribution is 5.68. The van der Waals surface area contributed by atoms with Crippen molar-refractivity contribution in [2.75, 3.05) is 6.54 Å². The van der Waals surface area contributed by atoms with E-state index in [1.807, 2.05) is 25.7 Å². The van der Waals surface area contributed by atoms with Crippen LogP contribution >= 0.6 is 0 Å². The summed E-state index contributed by atoms with van der Waals surface area (Å²) < 4.78 is 5.56. The summed E-state index contributed by atoms with van der Waals surface area (Å²) in [6, 6.07) is 1.14. The molecule has 4 nitrogen and oxygen atoms in total. The molecular formula is C18H34N2O2. The molecule has 1 N–H and O–H groups in total. The Hall–Kier alpha value is -0.770. The molecule has 1 heterocycles. The van der Waals surface area contributed by atoms with E-state index in [2.05, 4.69) is 19.2 Å². The number of ether oxygens (including phenoxy) is 1. The van der Waals surface area contributed by atoms with E-state index in [0.717, 1.165) is 25.3 Å². The number of carbonyl (C=O) groups is 1. The summed E-state index contributed by atoms with van der Waals surface area (Å²) >= 11 is 0. The Kier molecular flexibility index (Phi) is 5.76. The quantitative estimate of drug-likeness (QED) is 0.858. The predicted octanol–water partition coefficient (Wildman–Crippen LogP) is 3.94. The maximum absolute atomic E-state index is 12.4. The van der Waals surface area contributed by atoms with Crippen molar-refractivity contribution < 1.29 is 9.53 Å². The van der Waals surface area contributed by atoms with Crippen LogP contribution < -0.4 is 5.32 Å². The number of nitrogens with one attached hydrogen (secondary N) is 1. The molecule has 0 spiro atoms. The summed E-state index contributed by atoms with van der Waals surface area (Å²) in [5.41, 5.74) is -0.422. The number of rotatable bonds is 3. The molecule has 0 aromatic rings. The van der Waals surface area contributed by atoms with Gasteiger partial charge in [-0.25, -0.2) is 4.79 Å². The van der Waals surface area contributed by atoms with Gasteiger partial charge in [0.2, 0.25) is 0 Å². The topological polar surface area (TPSA) is 41.6 Å². The molecule has 1 amide bonds. The zero-order chi connectivity index (χ0) is 16.3. The third-order valence-corrected chi connectivity index (χ3v) is 5.20. The van der Waals surface area contributed by atoms with E-state index in [0.29, 0.717) is 12.1 Å². The minimum Gasteiger partial charge on any atom is -0.444 e. The summed E-state index contributed by atoms with van der Waals surface area (Å²) in [5.74, 6) is 0.809. The number of likely N-dealkylation sites (tertiary alicyclic amines) is 1. The number of amides is 1. The summed E-state index contributed by atoms with van der Waals surface area (Å²) in [6.07, 6.45) is 7.49. The Labute approximate surface area is 136 Å². The van der Waals surface area contributed by atoms with Crippen molar-refractivity contribution in [2.24, 2.45) is 5.92 Å². The van der Waals surface area contributed by atoms with Crippen molar-refractivity contribution in [3.05, 3.63) is 0 Å². The van der Waals surface area contributed by atoms with Crippen molar-refractivity contribution in [3.63, 3.8) is 0 Å². The Balaban J connectivity index is 1.91. The van der Waals surface area contributed by atoms with Gasteiger partial charge in [0.1, 0.15) is 5.60 Å². The monoisotopic (exact) mass is 310 g/mol. The first-order chi connectivity index (χ1) is 10.3. The van der Waals surface area contributed by atoms with E-state index in [4.69, 9.17) is 4.74 Å². The molecule has 2 rings (SSSR count). The summed E-state index contributed by atoms with van der Waals surface area (Å²) in [7, 11) is 0. The highest BCUT2D eigenvalue weighted by Gasteiger charge is 2.35. The van der Waals surface area contributed by atoms with Gasteiger partial charge in [0.05, 0.1) is 0 Å². The second kappa shape index (κ2) is 7.20. The zero-order valence-electron chi connectivity index (χ0n) is 15.0. The fraction of sp³-hybridized carbons (Fsp3) is 0.944. The molecule has 0 bridgehead atoms. The average Bonchev–Trinajstić information content (AvgIpc) is 2.93. The number of hydrogen-bond donors (Lipinski definition) is 1. The number of nitrogens with zero attached hydrogens (tertiary/aromatic N) is 1. The Morgan fingerprint density at radius 2 is 1.82 bits per heavy atom. The van der Waals surface area contributed by atoms with Gasteiger partial charge in [-0.15, -0.1) is 0 Å². The van der Waals surface area contributed by atoms with Crippen molar-refractivity contribution in [3.8, 4) is 0 Å². The molecule has 2 aliphatic rings. The maximum atomic E-state index is 12.4. The molecule has 3 atom stereocenters. The molecule has 1 saturated carbocycles. The summed E-state index contributed by atoms with van der Waals surface area (Å²) in [5, 5.41) is 3.81. The molecule has 22 heavy (non-hydrogen) atoms. The molecule has 1 saturated heterocycles. The first kappa shape index (κ1) is 17.6. The summed E-state index contributed by atoms with van der Waals surface area (Å²) in [4.78, 5) is 14.3. The number of piperidine rings is 1. The fourth-order valence-electron chi connectivity index (χ4n) is 3.88. The van der Waals surface area contributed by atoms with Crippen molar-refractivity contribution in [1.29, 1.82) is 0 Å².